The van der Waals surface area contributed by atoms with Gasteiger partial charge in [-0.2, -0.15) is 0 Å². The van der Waals surface area contributed by atoms with Crippen LogP contribution in [0.15, 0.2) is 16.8 Å². The zero-order chi connectivity index (χ0) is 13.7. The molecule has 0 amide bonds. The summed E-state index contributed by atoms with van der Waals surface area (Å²) >= 11 is 0. The van der Waals surface area contributed by atoms with Gasteiger partial charge in [-0.15, -0.1) is 0 Å². The summed E-state index contributed by atoms with van der Waals surface area (Å²) in [6, 6.07) is 0. The first-order valence-corrected chi connectivity index (χ1v) is 6.24. The summed E-state index contributed by atoms with van der Waals surface area (Å²) in [7, 11) is 0. The molecule has 0 atom stereocenters. The summed E-state index contributed by atoms with van der Waals surface area (Å²) in [5, 5.41) is 1.66. The molecule has 0 aromatic heterocycles. The smallest absolute Gasteiger partial charge is 0.105 e. The Labute approximate surface area is 107 Å². The largest absolute Gasteiger partial charge is 0.300 e. The van der Waals surface area contributed by atoms with Crippen molar-refractivity contribution in [2.45, 2.75) is 54.9 Å². The van der Waals surface area contributed by atoms with Crippen LogP contribution < -0.4 is 5.84 Å². The first-order chi connectivity index (χ1) is 7.53. The molecule has 0 saturated heterocycles. The van der Waals surface area contributed by atoms with E-state index in [1.165, 1.54) is 0 Å². The minimum atomic E-state index is 0.181. The first-order valence-electron chi connectivity index (χ1n) is 6.24. The third-order valence-electron chi connectivity index (χ3n) is 2.07. The maximum Gasteiger partial charge on any atom is 0.105 e. The minimum Gasteiger partial charge on any atom is -0.300 e. The van der Waals surface area contributed by atoms with Gasteiger partial charge in [0.25, 0.3) is 0 Å². The van der Waals surface area contributed by atoms with Gasteiger partial charge in [0.1, 0.15) is 6.34 Å². The van der Waals surface area contributed by atoms with Gasteiger partial charge in [0.15, 0.2) is 0 Å². The fourth-order valence-corrected chi connectivity index (χ4v) is 1.50. The van der Waals surface area contributed by atoms with Crippen LogP contribution >= 0.6 is 0 Å². The summed E-state index contributed by atoms with van der Waals surface area (Å²) in [5.74, 6) is 5.88. The number of nitrogens with zero attached hydrogens (tertiary/aromatic N) is 2. The number of rotatable bonds is 4. The number of hydrogen-bond acceptors (Lipinski definition) is 2. The maximum absolute atomic E-state index is 5.88. The number of hydrogen-bond donors (Lipinski definition) is 1. The Bertz CT molecular complexity index is 277. The van der Waals surface area contributed by atoms with Gasteiger partial charge < -0.3 is 5.01 Å². The van der Waals surface area contributed by atoms with Gasteiger partial charge in [0, 0.05) is 12.2 Å². The highest BCUT2D eigenvalue weighted by Gasteiger charge is 2.14. The lowest BCUT2D eigenvalue weighted by molar-refractivity contribution is 0.285. The molecule has 0 aliphatic carbocycles. The van der Waals surface area contributed by atoms with Crippen LogP contribution in [0.1, 0.15) is 54.9 Å². The second-order valence-corrected chi connectivity index (χ2v) is 7.00. The molecular weight excluding hydrogens is 210 g/mol. The lowest BCUT2D eigenvalue weighted by atomic mass is 9.90. The predicted octanol–water partition coefficient (Wildman–Crippen LogP) is 3.58. The molecule has 0 aliphatic rings. The third kappa shape index (κ3) is 10.1. The van der Waals surface area contributed by atoms with Crippen molar-refractivity contribution in [3.8, 4) is 0 Å². The number of allylic oxidation sites excluding steroid dienone is 2. The summed E-state index contributed by atoms with van der Waals surface area (Å²) in [5.41, 5.74) is 1.52. The van der Waals surface area contributed by atoms with Crippen molar-refractivity contribution < 1.29 is 0 Å². The van der Waals surface area contributed by atoms with E-state index in [0.717, 1.165) is 18.7 Å². The van der Waals surface area contributed by atoms with Gasteiger partial charge in [0.2, 0.25) is 0 Å². The maximum atomic E-state index is 5.88. The Balaban J connectivity index is 4.39. The SMILES string of the molecule is C/C=C(CC(C)(C)C)\N=C/N(N)CC(C)(C)C. The van der Waals surface area contributed by atoms with E-state index >= 15 is 0 Å². The van der Waals surface area contributed by atoms with Crippen molar-refractivity contribution in [2.75, 3.05) is 6.54 Å². The van der Waals surface area contributed by atoms with Crippen LogP contribution in [0.3, 0.4) is 0 Å². The van der Waals surface area contributed by atoms with Crippen LogP contribution in [0, 0.1) is 10.8 Å². The molecule has 100 valence electrons. The molecule has 3 nitrogen and oxygen atoms in total. The van der Waals surface area contributed by atoms with E-state index < -0.39 is 0 Å². The van der Waals surface area contributed by atoms with E-state index in [9.17, 15) is 0 Å². The molecular formula is C14H29N3. The summed E-state index contributed by atoms with van der Waals surface area (Å²) in [6.07, 6.45) is 4.74. The molecule has 0 spiro atoms. The highest BCUT2D eigenvalue weighted by molar-refractivity contribution is 5.55. The molecule has 0 rings (SSSR count). The Morgan fingerprint density at radius 2 is 1.65 bits per heavy atom. The lowest BCUT2D eigenvalue weighted by Crippen LogP contribution is -2.37. The molecule has 0 aromatic carbocycles. The highest BCUT2D eigenvalue weighted by atomic mass is 15.4. The van der Waals surface area contributed by atoms with Crippen molar-refractivity contribution in [2.24, 2.45) is 21.7 Å². The molecule has 0 fully saturated rings. The molecule has 2 N–H and O–H groups in total. The third-order valence-corrected chi connectivity index (χ3v) is 2.07. The predicted molar refractivity (Wildman–Crippen MR) is 76.7 cm³/mol. The fraction of sp³-hybridized carbons (Fsp3) is 0.786. The molecule has 0 aliphatic heterocycles. The van der Waals surface area contributed by atoms with Gasteiger partial charge in [-0.05, 0) is 24.2 Å². The Hall–Kier alpha value is -0.830. The quantitative estimate of drug-likeness (QED) is 0.352. The minimum absolute atomic E-state index is 0.181. The number of nitrogens with two attached hydrogens (primary N) is 1. The summed E-state index contributed by atoms with van der Waals surface area (Å²) in [6.45, 7) is 15.9. The van der Waals surface area contributed by atoms with Crippen molar-refractivity contribution >= 4 is 6.34 Å². The van der Waals surface area contributed by atoms with E-state index in [1.54, 1.807) is 11.3 Å². The molecule has 3 heteroatoms. The fourth-order valence-electron chi connectivity index (χ4n) is 1.50. The average molecular weight is 239 g/mol. The van der Waals surface area contributed by atoms with Gasteiger partial charge in [-0.3, -0.25) is 0 Å². The monoisotopic (exact) mass is 239 g/mol. The van der Waals surface area contributed by atoms with Crippen LogP contribution in [0.2, 0.25) is 0 Å². The number of hydrazine groups is 1. The highest BCUT2D eigenvalue weighted by Crippen LogP contribution is 2.24. The van der Waals surface area contributed by atoms with Gasteiger partial charge >= 0.3 is 0 Å². The van der Waals surface area contributed by atoms with Gasteiger partial charge in [0.05, 0.1) is 0 Å². The van der Waals surface area contributed by atoms with E-state index in [0.29, 0.717) is 0 Å². The topological polar surface area (TPSA) is 41.6 Å². The molecule has 0 radical (unpaired) electrons. The van der Waals surface area contributed by atoms with Crippen LogP contribution in [-0.4, -0.2) is 17.9 Å². The van der Waals surface area contributed by atoms with Crippen molar-refractivity contribution in [3.05, 3.63) is 11.8 Å². The molecule has 17 heavy (non-hydrogen) atoms. The summed E-state index contributed by atoms with van der Waals surface area (Å²) in [4.78, 5) is 4.45. The second kappa shape index (κ2) is 6.20. The van der Waals surface area contributed by atoms with Crippen molar-refractivity contribution in [1.82, 2.24) is 5.01 Å². The zero-order valence-corrected chi connectivity index (χ0v) is 12.5. The van der Waals surface area contributed by atoms with Crippen LogP contribution in [0.4, 0.5) is 0 Å². The van der Waals surface area contributed by atoms with E-state index in [2.05, 4.69) is 46.5 Å². The normalized spacial score (nSPS) is 14.5. The van der Waals surface area contributed by atoms with Crippen LogP contribution in [0.25, 0.3) is 0 Å². The zero-order valence-electron chi connectivity index (χ0n) is 12.5. The number of aliphatic imine (C=N–C) groups is 1. The Kier molecular flexibility index (Phi) is 5.89. The molecule has 0 bridgehead atoms. The lowest BCUT2D eigenvalue weighted by Gasteiger charge is -2.24. The standard InChI is InChI=1S/C14H29N3/c1-8-12(9-13(2,3)4)16-11-17(15)10-14(5,6)7/h8,11H,9-10,15H2,1-7H3/b12-8-,16-11-. The van der Waals surface area contributed by atoms with Gasteiger partial charge in [-0.1, -0.05) is 47.6 Å². The van der Waals surface area contributed by atoms with E-state index in [-0.39, 0.29) is 10.8 Å². The van der Waals surface area contributed by atoms with Gasteiger partial charge in [-0.25, -0.2) is 10.8 Å². The first kappa shape index (κ1) is 16.2. The Morgan fingerprint density at radius 3 is 2.00 bits per heavy atom. The second-order valence-electron chi connectivity index (χ2n) is 7.00. The average Bonchev–Trinajstić information content (AvgIpc) is 2.07. The van der Waals surface area contributed by atoms with Crippen molar-refractivity contribution in [3.63, 3.8) is 0 Å². The van der Waals surface area contributed by atoms with Crippen LogP contribution in [0.5, 0.6) is 0 Å². The Morgan fingerprint density at radius 1 is 1.12 bits per heavy atom. The molecule has 0 heterocycles. The molecule has 0 unspecified atom stereocenters. The van der Waals surface area contributed by atoms with Crippen molar-refractivity contribution in [1.29, 1.82) is 0 Å². The molecule has 0 aromatic rings. The van der Waals surface area contributed by atoms with E-state index in [4.69, 9.17) is 5.84 Å². The van der Waals surface area contributed by atoms with E-state index in [1.807, 2.05) is 13.0 Å². The van der Waals surface area contributed by atoms with Crippen LogP contribution in [-0.2, 0) is 0 Å². The molecule has 0 saturated carbocycles. The summed E-state index contributed by atoms with van der Waals surface area (Å²) < 4.78 is 0.